The molecule has 1 N–H and O–H groups in total. The van der Waals surface area contributed by atoms with Crippen LogP contribution in [0.4, 0.5) is 4.39 Å². The summed E-state index contributed by atoms with van der Waals surface area (Å²) >= 11 is 0. The summed E-state index contributed by atoms with van der Waals surface area (Å²) in [6.07, 6.45) is 0. The van der Waals surface area contributed by atoms with E-state index < -0.39 is 0 Å². The molecule has 5 heteroatoms. The largest absolute Gasteiger partial charge is 0.419 e. The Labute approximate surface area is 155 Å². The molecule has 1 heterocycles. The van der Waals surface area contributed by atoms with Crippen LogP contribution in [0.25, 0.3) is 11.1 Å². The van der Waals surface area contributed by atoms with Gasteiger partial charge in [0.05, 0.1) is 11.6 Å². The van der Waals surface area contributed by atoms with Gasteiger partial charge in [0.2, 0.25) is 0 Å². The molecule has 4 nitrogen and oxygen atoms in total. The van der Waals surface area contributed by atoms with Gasteiger partial charge in [0.15, 0.2) is 5.58 Å². The first kappa shape index (κ1) is 17.2. The van der Waals surface area contributed by atoms with Crippen LogP contribution in [0.15, 0.2) is 88.1 Å². The molecule has 3 aromatic carbocycles. The lowest BCUT2D eigenvalue weighted by molar-refractivity contribution is 0.484. The van der Waals surface area contributed by atoms with Gasteiger partial charge in [-0.25, -0.2) is 9.18 Å². The van der Waals surface area contributed by atoms with E-state index in [9.17, 15) is 9.18 Å². The molecule has 4 rings (SSSR count). The second-order valence-corrected chi connectivity index (χ2v) is 6.34. The molecule has 0 aliphatic heterocycles. The van der Waals surface area contributed by atoms with Crippen LogP contribution < -0.4 is 11.1 Å². The lowest BCUT2D eigenvalue weighted by Gasteiger charge is -2.20. The van der Waals surface area contributed by atoms with Crippen LogP contribution in [0, 0.1) is 5.82 Å². The van der Waals surface area contributed by atoms with Crippen molar-refractivity contribution >= 4 is 11.1 Å². The van der Waals surface area contributed by atoms with E-state index in [1.165, 1.54) is 12.1 Å². The molecule has 0 aliphatic rings. The number of halogens is 1. The highest BCUT2D eigenvalue weighted by Gasteiger charge is 2.14. The molecule has 0 spiro atoms. The summed E-state index contributed by atoms with van der Waals surface area (Å²) < 4.78 is 20.2. The van der Waals surface area contributed by atoms with E-state index in [1.807, 2.05) is 48.5 Å². The summed E-state index contributed by atoms with van der Waals surface area (Å²) in [7, 11) is 0. The Bertz CT molecular complexity index is 1080. The van der Waals surface area contributed by atoms with Gasteiger partial charge in [-0.1, -0.05) is 54.6 Å². The first-order valence-electron chi connectivity index (χ1n) is 8.84. The number of benzene rings is 3. The highest BCUT2D eigenvalue weighted by atomic mass is 19.1. The van der Waals surface area contributed by atoms with Gasteiger partial charge in [0, 0.05) is 13.1 Å². The quantitative estimate of drug-likeness (QED) is 0.561. The fraction of sp³-hybridized carbons (Fsp3) is 0.136. The molecule has 0 amide bonds. The molecule has 136 valence electrons. The summed E-state index contributed by atoms with van der Waals surface area (Å²) in [5.74, 6) is -0.627. The Hall–Kier alpha value is -3.18. The van der Waals surface area contributed by atoms with Crippen LogP contribution in [0.3, 0.4) is 0 Å². The lowest BCUT2D eigenvalue weighted by atomic mass is 9.98. The molecule has 27 heavy (non-hydrogen) atoms. The van der Waals surface area contributed by atoms with E-state index in [4.69, 9.17) is 4.42 Å². The van der Waals surface area contributed by atoms with Crippen molar-refractivity contribution in [3.05, 3.63) is 106 Å². The molecule has 0 saturated carbocycles. The van der Waals surface area contributed by atoms with Crippen molar-refractivity contribution in [3.63, 3.8) is 0 Å². The van der Waals surface area contributed by atoms with Gasteiger partial charge in [-0.05, 0) is 35.4 Å². The highest BCUT2D eigenvalue weighted by Crippen LogP contribution is 2.22. The van der Waals surface area contributed by atoms with Crippen LogP contribution >= 0.6 is 0 Å². The average Bonchev–Trinajstić information content (AvgIpc) is 3.02. The number of nitrogens with zero attached hydrogens (tertiary/aromatic N) is 1. The van der Waals surface area contributed by atoms with Crippen molar-refractivity contribution < 1.29 is 8.81 Å². The maximum absolute atomic E-state index is 13.3. The predicted octanol–water partition coefficient (Wildman–Crippen LogP) is 4.11. The van der Waals surface area contributed by atoms with Gasteiger partial charge >= 0.3 is 5.76 Å². The number of fused-ring (bicyclic) bond motifs is 1. The Morgan fingerprint density at radius 2 is 1.56 bits per heavy atom. The smallest absolute Gasteiger partial charge is 0.408 e. The second kappa shape index (κ2) is 7.60. The molecule has 0 unspecified atom stereocenters. The van der Waals surface area contributed by atoms with Gasteiger partial charge in [0.25, 0.3) is 0 Å². The van der Waals surface area contributed by atoms with E-state index in [0.717, 1.165) is 16.6 Å². The zero-order chi connectivity index (χ0) is 18.6. The molecule has 0 aliphatic carbocycles. The molecule has 0 fully saturated rings. The van der Waals surface area contributed by atoms with Gasteiger partial charge < -0.3 is 9.73 Å². The molecule has 4 aromatic rings. The molecule has 0 radical (unpaired) electrons. The Balaban J connectivity index is 1.56. The van der Waals surface area contributed by atoms with Gasteiger partial charge in [-0.15, -0.1) is 0 Å². The summed E-state index contributed by atoms with van der Waals surface area (Å²) in [6, 6.07) is 23.7. The van der Waals surface area contributed by atoms with Crippen molar-refractivity contribution in [1.29, 1.82) is 0 Å². The molecule has 0 saturated heterocycles. The fourth-order valence-electron chi connectivity index (χ4n) is 3.28. The third-order valence-corrected chi connectivity index (χ3v) is 4.59. The van der Waals surface area contributed by atoms with Crippen molar-refractivity contribution in [1.82, 2.24) is 9.88 Å². The maximum atomic E-state index is 13.3. The first-order chi connectivity index (χ1) is 13.2. The molecule has 1 aromatic heterocycles. The zero-order valence-electron chi connectivity index (χ0n) is 14.6. The molecule has 0 bridgehead atoms. The Morgan fingerprint density at radius 1 is 0.889 bits per heavy atom. The topological polar surface area (TPSA) is 47.2 Å². The van der Waals surface area contributed by atoms with E-state index in [1.54, 1.807) is 22.8 Å². The fourth-order valence-corrected chi connectivity index (χ4v) is 3.28. The Morgan fingerprint density at radius 3 is 2.33 bits per heavy atom. The summed E-state index contributed by atoms with van der Waals surface area (Å²) in [4.78, 5) is 12.1. The third-order valence-electron chi connectivity index (χ3n) is 4.59. The number of rotatable bonds is 6. The predicted molar refractivity (Wildman–Crippen MR) is 103 cm³/mol. The standard InChI is InChI=1S/C22H19FN2O2/c23-18-12-10-17(11-13-18)21(16-6-2-1-3-7-16)24-14-15-25-19-8-4-5-9-20(19)27-22(25)26/h1-13,21,24H,14-15H2/t21-/m1/s1. The number of hydrogen-bond donors (Lipinski definition) is 1. The van der Waals surface area contributed by atoms with Crippen LogP contribution in [-0.2, 0) is 6.54 Å². The summed E-state index contributed by atoms with van der Waals surface area (Å²) in [5.41, 5.74) is 3.41. The van der Waals surface area contributed by atoms with Crippen molar-refractivity contribution in [3.8, 4) is 0 Å². The molecular weight excluding hydrogens is 343 g/mol. The minimum atomic E-state index is -0.365. The average molecular weight is 362 g/mol. The van der Waals surface area contributed by atoms with E-state index in [0.29, 0.717) is 18.7 Å². The summed E-state index contributed by atoms with van der Waals surface area (Å²) in [5, 5.41) is 3.48. The highest BCUT2D eigenvalue weighted by molar-refractivity contribution is 5.72. The van der Waals surface area contributed by atoms with Crippen LogP contribution in [-0.4, -0.2) is 11.1 Å². The maximum Gasteiger partial charge on any atom is 0.419 e. The van der Waals surface area contributed by atoms with Crippen LogP contribution in [0.5, 0.6) is 0 Å². The van der Waals surface area contributed by atoms with Crippen molar-refractivity contribution in [2.24, 2.45) is 0 Å². The van der Waals surface area contributed by atoms with Crippen molar-refractivity contribution in [2.75, 3.05) is 6.54 Å². The van der Waals surface area contributed by atoms with Gasteiger partial charge in [0.1, 0.15) is 5.82 Å². The zero-order valence-corrected chi connectivity index (χ0v) is 14.6. The van der Waals surface area contributed by atoms with Gasteiger partial charge in [-0.2, -0.15) is 0 Å². The summed E-state index contributed by atoms with van der Waals surface area (Å²) in [6.45, 7) is 1.03. The van der Waals surface area contributed by atoms with E-state index >= 15 is 0 Å². The first-order valence-corrected chi connectivity index (χ1v) is 8.84. The van der Waals surface area contributed by atoms with Crippen molar-refractivity contribution in [2.45, 2.75) is 12.6 Å². The number of nitrogens with one attached hydrogen (secondary N) is 1. The Kier molecular flexibility index (Phi) is 4.85. The van der Waals surface area contributed by atoms with Gasteiger partial charge in [-0.3, -0.25) is 4.57 Å². The number of hydrogen-bond acceptors (Lipinski definition) is 3. The number of para-hydroxylation sites is 2. The normalized spacial score (nSPS) is 12.3. The van der Waals surface area contributed by atoms with E-state index in [-0.39, 0.29) is 17.6 Å². The lowest BCUT2D eigenvalue weighted by Crippen LogP contribution is -2.28. The molecule has 1 atom stereocenters. The minimum Gasteiger partial charge on any atom is -0.408 e. The van der Waals surface area contributed by atoms with Crippen LogP contribution in [0.2, 0.25) is 0 Å². The number of oxazole rings is 1. The second-order valence-electron chi connectivity index (χ2n) is 6.34. The minimum absolute atomic E-state index is 0.0966. The SMILES string of the molecule is O=c1oc2ccccc2n1CCN[C@H](c1ccccc1)c1ccc(F)cc1. The molecular formula is C22H19FN2O2. The van der Waals surface area contributed by atoms with E-state index in [2.05, 4.69) is 5.32 Å². The van der Waals surface area contributed by atoms with Crippen LogP contribution in [0.1, 0.15) is 17.2 Å². The number of aromatic nitrogens is 1. The monoisotopic (exact) mass is 362 g/mol. The third kappa shape index (κ3) is 3.68.